The number of hydrogen-bond acceptors (Lipinski definition) is 3. The SMILES string of the molecule is c1cc2c(cc1C1CNC1)NCCS2. The second-order valence-corrected chi connectivity index (χ2v) is 5.02. The number of rotatable bonds is 1. The number of benzene rings is 1. The Kier molecular flexibility index (Phi) is 2.14. The Bertz CT molecular complexity index is 347. The monoisotopic (exact) mass is 206 g/mol. The fourth-order valence-corrected chi connectivity index (χ4v) is 2.81. The third kappa shape index (κ3) is 1.41. The fraction of sp³-hybridized carbons (Fsp3) is 0.455. The van der Waals surface area contributed by atoms with Gasteiger partial charge in [0.05, 0.1) is 0 Å². The van der Waals surface area contributed by atoms with Crippen molar-refractivity contribution in [3.05, 3.63) is 23.8 Å². The first kappa shape index (κ1) is 8.62. The lowest BCUT2D eigenvalue weighted by molar-refractivity contribution is 0.448. The predicted octanol–water partition coefficient (Wildman–Crippen LogP) is 1.89. The first-order valence-electron chi connectivity index (χ1n) is 5.15. The van der Waals surface area contributed by atoms with E-state index < -0.39 is 0 Å². The van der Waals surface area contributed by atoms with Crippen LogP contribution in [0.5, 0.6) is 0 Å². The third-order valence-electron chi connectivity index (χ3n) is 2.93. The van der Waals surface area contributed by atoms with Crippen LogP contribution in [0.4, 0.5) is 5.69 Å². The highest BCUT2D eigenvalue weighted by atomic mass is 32.2. The topological polar surface area (TPSA) is 24.1 Å². The van der Waals surface area contributed by atoms with E-state index in [0.717, 1.165) is 25.6 Å². The van der Waals surface area contributed by atoms with Gasteiger partial charge in [0.15, 0.2) is 0 Å². The molecule has 2 aliphatic rings. The molecule has 0 saturated carbocycles. The Morgan fingerprint density at radius 3 is 3.00 bits per heavy atom. The van der Waals surface area contributed by atoms with Gasteiger partial charge >= 0.3 is 0 Å². The molecule has 0 amide bonds. The molecule has 2 nitrogen and oxygen atoms in total. The third-order valence-corrected chi connectivity index (χ3v) is 4.01. The summed E-state index contributed by atoms with van der Waals surface area (Å²) in [7, 11) is 0. The maximum atomic E-state index is 3.46. The zero-order valence-corrected chi connectivity index (χ0v) is 8.86. The van der Waals surface area contributed by atoms with Crippen molar-refractivity contribution in [3.8, 4) is 0 Å². The second-order valence-electron chi connectivity index (χ2n) is 3.89. The molecule has 2 heterocycles. The van der Waals surface area contributed by atoms with Gasteiger partial charge < -0.3 is 10.6 Å². The number of hydrogen-bond donors (Lipinski definition) is 2. The second kappa shape index (κ2) is 3.48. The van der Waals surface area contributed by atoms with E-state index in [-0.39, 0.29) is 0 Å². The van der Waals surface area contributed by atoms with E-state index in [1.165, 1.54) is 21.9 Å². The largest absolute Gasteiger partial charge is 0.383 e. The van der Waals surface area contributed by atoms with Crippen molar-refractivity contribution in [2.24, 2.45) is 0 Å². The lowest BCUT2D eigenvalue weighted by atomic mass is 9.93. The summed E-state index contributed by atoms with van der Waals surface area (Å²) < 4.78 is 0. The highest BCUT2D eigenvalue weighted by molar-refractivity contribution is 7.99. The van der Waals surface area contributed by atoms with E-state index >= 15 is 0 Å². The molecule has 0 atom stereocenters. The van der Waals surface area contributed by atoms with Crippen LogP contribution in [0, 0.1) is 0 Å². The van der Waals surface area contributed by atoms with Gasteiger partial charge in [-0.15, -0.1) is 11.8 Å². The summed E-state index contributed by atoms with van der Waals surface area (Å²) in [4.78, 5) is 1.41. The van der Waals surface area contributed by atoms with E-state index in [1.807, 2.05) is 11.8 Å². The molecule has 2 aliphatic heterocycles. The quantitative estimate of drug-likeness (QED) is 0.734. The van der Waals surface area contributed by atoms with E-state index in [4.69, 9.17) is 0 Å². The first-order chi connectivity index (χ1) is 6.93. The van der Waals surface area contributed by atoms with Crippen molar-refractivity contribution < 1.29 is 0 Å². The van der Waals surface area contributed by atoms with Crippen LogP contribution in [0.1, 0.15) is 11.5 Å². The molecule has 3 rings (SSSR count). The van der Waals surface area contributed by atoms with Gasteiger partial charge in [0.1, 0.15) is 0 Å². The predicted molar refractivity (Wildman–Crippen MR) is 61.3 cm³/mol. The maximum absolute atomic E-state index is 3.46. The standard InChI is InChI=1S/C11H14N2S/c1-2-11-10(13-3-4-14-11)5-8(1)9-6-12-7-9/h1-2,5,9,12-13H,3-4,6-7H2. The lowest BCUT2D eigenvalue weighted by Gasteiger charge is -2.29. The van der Waals surface area contributed by atoms with Gasteiger partial charge in [0.25, 0.3) is 0 Å². The van der Waals surface area contributed by atoms with Crippen molar-refractivity contribution in [1.82, 2.24) is 5.32 Å². The summed E-state index contributed by atoms with van der Waals surface area (Å²) in [5.41, 5.74) is 2.82. The summed E-state index contributed by atoms with van der Waals surface area (Å²) >= 11 is 1.96. The van der Waals surface area contributed by atoms with Crippen molar-refractivity contribution in [1.29, 1.82) is 0 Å². The number of nitrogens with one attached hydrogen (secondary N) is 2. The Morgan fingerprint density at radius 1 is 1.29 bits per heavy atom. The van der Waals surface area contributed by atoms with Crippen LogP contribution in [0.3, 0.4) is 0 Å². The van der Waals surface area contributed by atoms with Crippen molar-refractivity contribution in [2.75, 3.05) is 30.7 Å². The van der Waals surface area contributed by atoms with Gasteiger partial charge in [0, 0.05) is 41.9 Å². The highest BCUT2D eigenvalue weighted by Gasteiger charge is 2.20. The smallest absolute Gasteiger partial charge is 0.0481 e. The van der Waals surface area contributed by atoms with Crippen LogP contribution >= 0.6 is 11.8 Å². The normalized spacial score (nSPS) is 20.9. The van der Waals surface area contributed by atoms with Gasteiger partial charge in [-0.25, -0.2) is 0 Å². The molecule has 0 radical (unpaired) electrons. The summed E-state index contributed by atoms with van der Waals surface area (Å²) in [6.07, 6.45) is 0. The van der Waals surface area contributed by atoms with Crippen LogP contribution in [0.15, 0.2) is 23.1 Å². The van der Waals surface area contributed by atoms with Gasteiger partial charge in [0.2, 0.25) is 0 Å². The zero-order valence-electron chi connectivity index (χ0n) is 8.05. The minimum Gasteiger partial charge on any atom is -0.383 e. The van der Waals surface area contributed by atoms with Crippen molar-refractivity contribution in [2.45, 2.75) is 10.8 Å². The van der Waals surface area contributed by atoms with Crippen LogP contribution in [-0.2, 0) is 0 Å². The molecule has 3 heteroatoms. The summed E-state index contributed by atoms with van der Waals surface area (Å²) in [5, 5.41) is 6.78. The molecule has 0 aromatic heterocycles. The number of fused-ring (bicyclic) bond motifs is 1. The Hall–Kier alpha value is -0.670. The van der Waals surface area contributed by atoms with Gasteiger partial charge in [-0.1, -0.05) is 6.07 Å². The average Bonchev–Trinajstić information content (AvgIpc) is 2.15. The molecule has 0 spiro atoms. The van der Waals surface area contributed by atoms with Crippen molar-refractivity contribution in [3.63, 3.8) is 0 Å². The van der Waals surface area contributed by atoms with Crippen LogP contribution in [0.25, 0.3) is 0 Å². The molecule has 1 aromatic carbocycles. The molecule has 0 bridgehead atoms. The van der Waals surface area contributed by atoms with Crippen molar-refractivity contribution >= 4 is 17.4 Å². The molecule has 74 valence electrons. The fourth-order valence-electron chi connectivity index (χ4n) is 1.94. The average molecular weight is 206 g/mol. The Balaban J connectivity index is 1.92. The van der Waals surface area contributed by atoms with E-state index in [2.05, 4.69) is 28.8 Å². The van der Waals surface area contributed by atoms with E-state index in [0.29, 0.717) is 0 Å². The van der Waals surface area contributed by atoms with Crippen LogP contribution in [0.2, 0.25) is 0 Å². The highest BCUT2D eigenvalue weighted by Crippen LogP contribution is 2.33. The van der Waals surface area contributed by atoms with Crippen LogP contribution < -0.4 is 10.6 Å². The summed E-state index contributed by atoms with van der Waals surface area (Å²) in [6.45, 7) is 3.39. The number of anilines is 1. The molecule has 2 N–H and O–H groups in total. The van der Waals surface area contributed by atoms with Gasteiger partial charge in [-0.3, -0.25) is 0 Å². The minimum absolute atomic E-state index is 0.744. The first-order valence-corrected chi connectivity index (χ1v) is 6.13. The van der Waals surface area contributed by atoms with E-state index in [1.54, 1.807) is 0 Å². The summed E-state index contributed by atoms with van der Waals surface area (Å²) in [6, 6.07) is 6.87. The van der Waals surface area contributed by atoms with E-state index in [9.17, 15) is 0 Å². The molecule has 14 heavy (non-hydrogen) atoms. The lowest BCUT2D eigenvalue weighted by Crippen LogP contribution is -2.39. The zero-order chi connectivity index (χ0) is 9.38. The molecular formula is C11H14N2S. The Morgan fingerprint density at radius 2 is 2.21 bits per heavy atom. The molecule has 1 fully saturated rings. The molecule has 1 saturated heterocycles. The Labute approximate surface area is 88.5 Å². The number of thioether (sulfide) groups is 1. The summed E-state index contributed by atoms with van der Waals surface area (Å²) in [5.74, 6) is 1.94. The minimum atomic E-state index is 0.744. The molecule has 0 unspecified atom stereocenters. The van der Waals surface area contributed by atoms with Gasteiger partial charge in [-0.05, 0) is 17.7 Å². The van der Waals surface area contributed by atoms with Gasteiger partial charge in [-0.2, -0.15) is 0 Å². The molecular weight excluding hydrogens is 192 g/mol. The molecule has 0 aliphatic carbocycles. The maximum Gasteiger partial charge on any atom is 0.0481 e. The molecule has 1 aromatic rings. The van der Waals surface area contributed by atoms with Crippen LogP contribution in [-0.4, -0.2) is 25.4 Å².